The van der Waals surface area contributed by atoms with Crippen LogP contribution in [0.1, 0.15) is 36.0 Å². The van der Waals surface area contributed by atoms with Gasteiger partial charge >= 0.3 is 6.18 Å². The molecule has 0 aliphatic carbocycles. The van der Waals surface area contributed by atoms with Gasteiger partial charge in [0.2, 0.25) is 0 Å². The summed E-state index contributed by atoms with van der Waals surface area (Å²) < 4.78 is 40.7. The predicted molar refractivity (Wildman–Crippen MR) is 61.8 cm³/mol. The molecule has 5 heteroatoms. The first-order chi connectivity index (χ1) is 8.42. The minimum atomic E-state index is -4.14. The third-order valence-electron chi connectivity index (χ3n) is 2.51. The maximum absolute atomic E-state index is 11.9. The average molecular weight is 260 g/mol. The van der Waals surface area contributed by atoms with E-state index < -0.39 is 12.6 Å². The summed E-state index contributed by atoms with van der Waals surface area (Å²) >= 11 is 0. The van der Waals surface area contributed by atoms with E-state index in [9.17, 15) is 18.0 Å². The quantitative estimate of drug-likeness (QED) is 0.570. The number of ether oxygens (including phenoxy) is 1. The molecule has 0 amide bonds. The van der Waals surface area contributed by atoms with E-state index in [4.69, 9.17) is 4.74 Å². The third kappa shape index (κ3) is 5.21. The number of hydrogen-bond acceptors (Lipinski definition) is 2. The number of methoxy groups -OCH3 is 1. The van der Waals surface area contributed by atoms with Crippen molar-refractivity contribution in [1.29, 1.82) is 0 Å². The van der Waals surface area contributed by atoms with Crippen LogP contribution in [0.3, 0.4) is 0 Å². The lowest BCUT2D eigenvalue weighted by Gasteiger charge is -2.06. The van der Waals surface area contributed by atoms with E-state index in [0.717, 1.165) is 0 Å². The second-order valence-electron chi connectivity index (χ2n) is 3.98. The maximum Gasteiger partial charge on any atom is 0.389 e. The summed E-state index contributed by atoms with van der Waals surface area (Å²) in [7, 11) is 1.49. The van der Waals surface area contributed by atoms with E-state index >= 15 is 0 Å². The van der Waals surface area contributed by atoms with Crippen LogP contribution in [0.15, 0.2) is 24.3 Å². The summed E-state index contributed by atoms with van der Waals surface area (Å²) in [4.78, 5) is 11.7. The van der Waals surface area contributed by atoms with Crippen LogP contribution < -0.4 is 4.74 Å². The molecule has 0 saturated heterocycles. The molecule has 0 atom stereocenters. The fraction of sp³-hybridized carbons (Fsp3) is 0.462. The molecular formula is C13H15F3O2. The van der Waals surface area contributed by atoms with Gasteiger partial charge in [-0.2, -0.15) is 13.2 Å². The number of halogens is 3. The molecule has 0 unspecified atom stereocenters. The standard InChI is InChI=1S/C13H15F3O2/c1-18-11-6-4-5-10(9-11)12(17)7-2-3-8-13(14,15)16/h4-6,9H,2-3,7-8H2,1H3. The monoisotopic (exact) mass is 260 g/mol. The van der Waals surface area contributed by atoms with Gasteiger partial charge in [0.05, 0.1) is 7.11 Å². The number of benzene rings is 1. The lowest BCUT2D eigenvalue weighted by Crippen LogP contribution is -2.07. The van der Waals surface area contributed by atoms with Crippen molar-refractivity contribution in [3.8, 4) is 5.75 Å². The highest BCUT2D eigenvalue weighted by Crippen LogP contribution is 2.23. The Balaban J connectivity index is 2.41. The number of carbonyl (C=O) groups is 1. The number of alkyl halides is 3. The van der Waals surface area contributed by atoms with Crippen molar-refractivity contribution in [2.24, 2.45) is 0 Å². The summed E-state index contributed by atoms with van der Waals surface area (Å²) in [5.41, 5.74) is 0.473. The van der Waals surface area contributed by atoms with Crippen molar-refractivity contribution >= 4 is 5.78 Å². The van der Waals surface area contributed by atoms with Crippen LogP contribution >= 0.6 is 0 Å². The second-order valence-corrected chi connectivity index (χ2v) is 3.98. The average Bonchev–Trinajstić information content (AvgIpc) is 2.33. The van der Waals surface area contributed by atoms with Gasteiger partial charge in [0.15, 0.2) is 5.78 Å². The SMILES string of the molecule is COc1cccc(C(=O)CCCCC(F)(F)F)c1. The Morgan fingerprint density at radius 3 is 2.61 bits per heavy atom. The normalized spacial score (nSPS) is 11.3. The summed E-state index contributed by atoms with van der Waals surface area (Å²) in [6.45, 7) is 0. The number of ketones is 1. The molecule has 0 saturated carbocycles. The molecule has 0 aromatic heterocycles. The molecule has 1 aromatic rings. The van der Waals surface area contributed by atoms with Crippen molar-refractivity contribution in [3.63, 3.8) is 0 Å². The zero-order valence-electron chi connectivity index (χ0n) is 10.1. The molecule has 1 rings (SSSR count). The van der Waals surface area contributed by atoms with Crippen LogP contribution in [0.5, 0.6) is 5.75 Å². The number of hydrogen-bond donors (Lipinski definition) is 0. The summed E-state index contributed by atoms with van der Waals surface area (Å²) in [6.07, 6.45) is -4.62. The molecule has 0 fully saturated rings. The fourth-order valence-corrected chi connectivity index (χ4v) is 1.55. The van der Waals surface area contributed by atoms with Crippen LogP contribution in [0.4, 0.5) is 13.2 Å². The smallest absolute Gasteiger partial charge is 0.389 e. The second kappa shape index (κ2) is 6.42. The molecule has 18 heavy (non-hydrogen) atoms. The topological polar surface area (TPSA) is 26.3 Å². The van der Waals surface area contributed by atoms with Gasteiger partial charge in [-0.15, -0.1) is 0 Å². The van der Waals surface area contributed by atoms with E-state index in [1.807, 2.05) is 0 Å². The third-order valence-corrected chi connectivity index (χ3v) is 2.51. The lowest BCUT2D eigenvalue weighted by atomic mass is 10.0. The highest BCUT2D eigenvalue weighted by atomic mass is 19.4. The Labute approximate surface area is 104 Å². The number of carbonyl (C=O) groups excluding carboxylic acids is 1. The van der Waals surface area contributed by atoms with Crippen LogP contribution in [0.2, 0.25) is 0 Å². The minimum Gasteiger partial charge on any atom is -0.497 e. The molecule has 0 heterocycles. The molecule has 100 valence electrons. The van der Waals surface area contributed by atoms with E-state index in [-0.39, 0.29) is 25.0 Å². The van der Waals surface area contributed by atoms with E-state index in [0.29, 0.717) is 11.3 Å². The Morgan fingerprint density at radius 2 is 2.00 bits per heavy atom. The van der Waals surface area contributed by atoms with Crippen LogP contribution in [-0.4, -0.2) is 19.1 Å². The van der Waals surface area contributed by atoms with Crippen molar-refractivity contribution in [2.45, 2.75) is 31.9 Å². The fourth-order valence-electron chi connectivity index (χ4n) is 1.55. The Morgan fingerprint density at radius 1 is 1.28 bits per heavy atom. The number of rotatable bonds is 6. The first kappa shape index (κ1) is 14.5. The molecule has 0 aliphatic rings. The maximum atomic E-state index is 11.9. The van der Waals surface area contributed by atoms with E-state index in [1.165, 1.54) is 7.11 Å². The first-order valence-corrected chi connectivity index (χ1v) is 5.66. The highest BCUT2D eigenvalue weighted by molar-refractivity contribution is 5.96. The first-order valence-electron chi connectivity index (χ1n) is 5.66. The van der Waals surface area contributed by atoms with E-state index in [1.54, 1.807) is 24.3 Å². The van der Waals surface area contributed by atoms with Gasteiger partial charge in [0.25, 0.3) is 0 Å². The molecule has 1 aromatic carbocycles. The summed E-state index contributed by atoms with van der Waals surface area (Å²) in [5.74, 6) is 0.409. The van der Waals surface area contributed by atoms with Crippen LogP contribution in [0.25, 0.3) is 0 Å². The van der Waals surface area contributed by atoms with Gasteiger partial charge in [0, 0.05) is 18.4 Å². The largest absolute Gasteiger partial charge is 0.497 e. The van der Waals surface area contributed by atoms with Gasteiger partial charge in [-0.25, -0.2) is 0 Å². The van der Waals surface area contributed by atoms with Gasteiger partial charge in [-0.1, -0.05) is 12.1 Å². The van der Waals surface area contributed by atoms with Gasteiger partial charge in [0.1, 0.15) is 5.75 Å². The van der Waals surface area contributed by atoms with Crippen molar-refractivity contribution in [3.05, 3.63) is 29.8 Å². The number of Topliss-reactive ketones (excluding diaryl/α,β-unsaturated/α-hetero) is 1. The Bertz CT molecular complexity index is 399. The van der Waals surface area contributed by atoms with Gasteiger partial charge < -0.3 is 4.74 Å². The molecule has 0 spiro atoms. The molecule has 0 radical (unpaired) electrons. The van der Waals surface area contributed by atoms with Crippen molar-refractivity contribution < 1.29 is 22.7 Å². The van der Waals surface area contributed by atoms with E-state index in [2.05, 4.69) is 0 Å². The zero-order chi connectivity index (χ0) is 13.6. The molecular weight excluding hydrogens is 245 g/mol. The van der Waals surface area contributed by atoms with Crippen molar-refractivity contribution in [1.82, 2.24) is 0 Å². The molecule has 0 bridgehead atoms. The molecule has 0 aliphatic heterocycles. The van der Waals surface area contributed by atoms with Crippen molar-refractivity contribution in [2.75, 3.05) is 7.11 Å². The Kier molecular flexibility index (Phi) is 5.19. The zero-order valence-corrected chi connectivity index (χ0v) is 10.1. The predicted octanol–water partition coefficient (Wildman–Crippen LogP) is 4.00. The summed E-state index contributed by atoms with van der Waals surface area (Å²) in [5, 5.41) is 0. The van der Waals surface area contributed by atoms with Crippen LogP contribution in [0, 0.1) is 0 Å². The molecule has 0 N–H and O–H groups in total. The molecule has 2 nitrogen and oxygen atoms in total. The summed E-state index contributed by atoms with van der Waals surface area (Å²) in [6, 6.07) is 6.61. The van der Waals surface area contributed by atoms with Gasteiger partial charge in [-0.05, 0) is 25.0 Å². The van der Waals surface area contributed by atoms with Gasteiger partial charge in [-0.3, -0.25) is 4.79 Å². The number of unbranched alkanes of at least 4 members (excludes halogenated alkanes) is 1. The minimum absolute atomic E-state index is 0.0147. The Hall–Kier alpha value is -1.52. The lowest BCUT2D eigenvalue weighted by molar-refractivity contribution is -0.135. The van der Waals surface area contributed by atoms with Crippen LogP contribution in [-0.2, 0) is 0 Å². The highest BCUT2D eigenvalue weighted by Gasteiger charge is 2.26.